The molecule has 6 heteroatoms. The Kier molecular flexibility index (Phi) is 6.53. The van der Waals surface area contributed by atoms with Gasteiger partial charge in [-0.3, -0.25) is 0 Å². The van der Waals surface area contributed by atoms with Gasteiger partial charge in [0.1, 0.15) is 0 Å². The van der Waals surface area contributed by atoms with Crippen molar-refractivity contribution in [2.45, 2.75) is 18.3 Å². The number of hydrogen-bond donors (Lipinski definition) is 0. The van der Waals surface area contributed by atoms with E-state index in [1.165, 1.54) is 0 Å². The molecule has 0 aliphatic rings. The van der Waals surface area contributed by atoms with Crippen molar-refractivity contribution in [2.75, 3.05) is 14.2 Å². The van der Waals surface area contributed by atoms with E-state index < -0.39 is 5.92 Å². The van der Waals surface area contributed by atoms with Gasteiger partial charge in [-0.25, -0.2) is 0 Å². The first-order valence-corrected chi connectivity index (χ1v) is 8.24. The fourth-order valence-corrected chi connectivity index (χ4v) is 3.02. The highest BCUT2D eigenvalue weighted by Crippen LogP contribution is 2.40. The Bertz CT molecular complexity index is 840. The van der Waals surface area contributed by atoms with Gasteiger partial charge in [0.15, 0.2) is 11.5 Å². The maximum Gasteiger partial charge on any atom is 0.160 e. The molecule has 0 aliphatic carbocycles. The fraction of sp³-hybridized carbons (Fsp3) is 0.263. The van der Waals surface area contributed by atoms with Gasteiger partial charge in [0.2, 0.25) is 0 Å². The van der Waals surface area contributed by atoms with Crippen LogP contribution in [0.2, 0.25) is 10.0 Å². The van der Waals surface area contributed by atoms with Crippen LogP contribution in [0.1, 0.15) is 29.4 Å². The average molecular weight is 375 g/mol. The molecular formula is C19H16Cl2N2O2. The molecule has 0 radical (unpaired) electrons. The molecule has 0 bridgehead atoms. The zero-order chi connectivity index (χ0) is 18.4. The third-order valence-electron chi connectivity index (χ3n) is 3.99. The Morgan fingerprint density at radius 3 is 2.16 bits per heavy atom. The highest BCUT2D eigenvalue weighted by Gasteiger charge is 2.26. The summed E-state index contributed by atoms with van der Waals surface area (Å²) >= 11 is 12.0. The van der Waals surface area contributed by atoms with Crippen molar-refractivity contribution in [2.24, 2.45) is 0 Å². The topological polar surface area (TPSA) is 66.0 Å². The minimum absolute atomic E-state index is 0.175. The molecule has 0 unspecified atom stereocenters. The minimum atomic E-state index is -0.549. The second kappa shape index (κ2) is 8.62. The van der Waals surface area contributed by atoms with E-state index in [1.54, 1.807) is 44.6 Å². The van der Waals surface area contributed by atoms with Crippen LogP contribution in [0, 0.1) is 22.7 Å². The van der Waals surface area contributed by atoms with E-state index in [-0.39, 0.29) is 12.3 Å². The molecule has 2 rings (SSSR count). The summed E-state index contributed by atoms with van der Waals surface area (Å²) in [6.45, 7) is 0. The number of nitrogens with zero attached hydrogens (tertiary/aromatic N) is 2. The molecule has 0 amide bonds. The summed E-state index contributed by atoms with van der Waals surface area (Å²) in [6, 6.07) is 14.9. The Morgan fingerprint density at radius 1 is 0.920 bits per heavy atom. The normalized spacial score (nSPS) is 12.6. The number of halogens is 2. The Hall–Kier alpha value is -2.40. The van der Waals surface area contributed by atoms with Crippen molar-refractivity contribution in [3.05, 3.63) is 57.6 Å². The van der Waals surface area contributed by atoms with Gasteiger partial charge in [0.25, 0.3) is 0 Å². The lowest BCUT2D eigenvalue weighted by molar-refractivity contribution is 0.354. The van der Waals surface area contributed by atoms with Crippen molar-refractivity contribution in [3.8, 4) is 23.6 Å². The summed E-state index contributed by atoms with van der Waals surface area (Å²) in [5.41, 5.74) is 1.53. The predicted octanol–water partition coefficient (Wildman–Crippen LogP) is 5.32. The first-order valence-electron chi connectivity index (χ1n) is 7.49. The summed E-state index contributed by atoms with van der Waals surface area (Å²) in [4.78, 5) is 0. The zero-order valence-corrected chi connectivity index (χ0v) is 15.3. The molecule has 0 aromatic heterocycles. The van der Waals surface area contributed by atoms with E-state index in [0.717, 1.165) is 5.56 Å². The smallest absolute Gasteiger partial charge is 0.160 e. The molecule has 128 valence electrons. The van der Waals surface area contributed by atoms with Crippen LogP contribution >= 0.6 is 23.2 Å². The van der Waals surface area contributed by atoms with E-state index in [0.29, 0.717) is 27.1 Å². The van der Waals surface area contributed by atoms with Crippen LogP contribution in [0.4, 0.5) is 0 Å². The van der Waals surface area contributed by atoms with E-state index in [1.807, 2.05) is 6.07 Å². The lowest BCUT2D eigenvalue weighted by atomic mass is 9.80. The molecule has 0 saturated carbocycles. The van der Waals surface area contributed by atoms with Gasteiger partial charge in [-0.2, -0.15) is 10.5 Å². The Balaban J connectivity index is 2.50. The molecule has 0 aliphatic heterocycles. The monoisotopic (exact) mass is 374 g/mol. The molecule has 0 heterocycles. The summed E-state index contributed by atoms with van der Waals surface area (Å²) in [7, 11) is 3.10. The van der Waals surface area contributed by atoms with Gasteiger partial charge in [-0.05, 0) is 35.4 Å². The maximum absolute atomic E-state index is 9.73. The number of nitriles is 2. The molecule has 0 fully saturated rings. The number of methoxy groups -OCH3 is 2. The van der Waals surface area contributed by atoms with Gasteiger partial charge in [-0.1, -0.05) is 35.3 Å². The van der Waals surface area contributed by atoms with E-state index in [2.05, 4.69) is 12.1 Å². The van der Waals surface area contributed by atoms with Gasteiger partial charge < -0.3 is 9.47 Å². The number of rotatable bonds is 6. The highest BCUT2D eigenvalue weighted by molar-refractivity contribution is 6.42. The second-order valence-electron chi connectivity index (χ2n) is 5.36. The average Bonchev–Trinajstić information content (AvgIpc) is 2.63. The summed E-state index contributed by atoms with van der Waals surface area (Å²) in [6.07, 6.45) is 0.175. The largest absolute Gasteiger partial charge is 0.493 e. The van der Waals surface area contributed by atoms with Crippen LogP contribution in [0.3, 0.4) is 0 Å². The third kappa shape index (κ3) is 4.17. The van der Waals surface area contributed by atoms with Crippen molar-refractivity contribution in [3.63, 3.8) is 0 Å². The van der Waals surface area contributed by atoms with Crippen molar-refractivity contribution < 1.29 is 9.47 Å². The van der Waals surface area contributed by atoms with Crippen molar-refractivity contribution in [1.82, 2.24) is 0 Å². The molecule has 0 N–H and O–H groups in total. The SMILES string of the molecule is COc1ccc([C@@H](CC#N)[C@H](C#N)c2ccc(Cl)c(Cl)c2)cc1OC. The zero-order valence-electron chi connectivity index (χ0n) is 13.8. The van der Waals surface area contributed by atoms with Gasteiger partial charge >= 0.3 is 0 Å². The summed E-state index contributed by atoms with van der Waals surface area (Å²) in [5.74, 6) is 0.248. The Labute approximate surface area is 157 Å². The molecular weight excluding hydrogens is 359 g/mol. The fourth-order valence-electron chi connectivity index (χ4n) is 2.71. The quantitative estimate of drug-likeness (QED) is 0.686. The summed E-state index contributed by atoms with van der Waals surface area (Å²) < 4.78 is 10.6. The van der Waals surface area contributed by atoms with Crippen molar-refractivity contribution >= 4 is 23.2 Å². The molecule has 4 nitrogen and oxygen atoms in total. The first kappa shape index (κ1) is 18.9. The third-order valence-corrected chi connectivity index (χ3v) is 4.73. The van der Waals surface area contributed by atoms with E-state index >= 15 is 0 Å². The molecule has 2 aromatic carbocycles. The van der Waals surface area contributed by atoms with E-state index in [9.17, 15) is 10.5 Å². The number of benzene rings is 2. The number of hydrogen-bond acceptors (Lipinski definition) is 4. The molecule has 25 heavy (non-hydrogen) atoms. The van der Waals surface area contributed by atoms with Gasteiger partial charge in [0, 0.05) is 12.3 Å². The standard InChI is InChI=1S/C19H16Cl2N2O2/c1-24-18-6-4-13(10-19(18)25-2)14(7-8-22)15(11-23)12-3-5-16(20)17(21)9-12/h3-6,9-10,14-15H,7H2,1-2H3/t14-,15-/m1/s1. The van der Waals surface area contributed by atoms with Crippen LogP contribution in [-0.2, 0) is 0 Å². The minimum Gasteiger partial charge on any atom is -0.493 e. The van der Waals surface area contributed by atoms with Crippen LogP contribution in [0.15, 0.2) is 36.4 Å². The maximum atomic E-state index is 9.73. The predicted molar refractivity (Wildman–Crippen MR) is 97.3 cm³/mol. The van der Waals surface area contributed by atoms with Crippen LogP contribution in [0.25, 0.3) is 0 Å². The van der Waals surface area contributed by atoms with Crippen LogP contribution in [0.5, 0.6) is 11.5 Å². The van der Waals surface area contributed by atoms with Gasteiger partial charge in [0.05, 0.1) is 42.3 Å². The lowest BCUT2D eigenvalue weighted by Crippen LogP contribution is -2.10. The molecule has 0 saturated heterocycles. The molecule has 0 spiro atoms. The highest BCUT2D eigenvalue weighted by atomic mass is 35.5. The van der Waals surface area contributed by atoms with Gasteiger partial charge in [-0.15, -0.1) is 0 Å². The Morgan fingerprint density at radius 2 is 1.60 bits per heavy atom. The first-order chi connectivity index (χ1) is 12.0. The lowest BCUT2D eigenvalue weighted by Gasteiger charge is -2.22. The molecule has 2 atom stereocenters. The number of ether oxygens (including phenoxy) is 2. The molecule has 2 aromatic rings. The van der Waals surface area contributed by atoms with Crippen LogP contribution in [-0.4, -0.2) is 14.2 Å². The van der Waals surface area contributed by atoms with Crippen molar-refractivity contribution in [1.29, 1.82) is 10.5 Å². The van der Waals surface area contributed by atoms with Crippen LogP contribution < -0.4 is 9.47 Å². The summed E-state index contributed by atoms with van der Waals surface area (Å²) in [5, 5.41) is 19.8. The second-order valence-corrected chi connectivity index (χ2v) is 6.18. The van der Waals surface area contributed by atoms with E-state index in [4.69, 9.17) is 32.7 Å².